The first kappa shape index (κ1) is 26.0. The molecule has 0 radical (unpaired) electrons. The molecule has 5 heterocycles. The number of aromatic nitrogens is 5. The molecule has 1 fully saturated rings. The van der Waals surface area contributed by atoms with Crippen LogP contribution in [0.2, 0.25) is 5.02 Å². The van der Waals surface area contributed by atoms with Crippen LogP contribution in [0.1, 0.15) is 31.5 Å². The smallest absolute Gasteiger partial charge is 0.296 e. The van der Waals surface area contributed by atoms with Gasteiger partial charge >= 0.3 is 0 Å². The zero-order valence-electron chi connectivity index (χ0n) is 21.6. The molecule has 2 aliphatic heterocycles. The van der Waals surface area contributed by atoms with Crippen LogP contribution in [0, 0.1) is 0 Å². The van der Waals surface area contributed by atoms with Crippen molar-refractivity contribution in [3.63, 3.8) is 0 Å². The largest absolute Gasteiger partial charge is 0.459 e. The van der Waals surface area contributed by atoms with Crippen molar-refractivity contribution in [3.8, 4) is 17.3 Å². The minimum Gasteiger partial charge on any atom is -0.459 e. The Morgan fingerprint density at radius 1 is 1.23 bits per heavy atom. The number of halogens is 2. The molecule has 1 saturated heterocycles. The molecule has 1 aromatic carbocycles. The topological polar surface area (TPSA) is 122 Å². The van der Waals surface area contributed by atoms with Gasteiger partial charge in [0.25, 0.3) is 6.01 Å². The lowest BCUT2D eigenvalue weighted by molar-refractivity contribution is -0.131. The third kappa shape index (κ3) is 5.44. The summed E-state index contributed by atoms with van der Waals surface area (Å²) in [5.41, 5.74) is 4.35. The molecular weight excluding hydrogens is 527 g/mol. The summed E-state index contributed by atoms with van der Waals surface area (Å²) in [5.74, 6) is 0. The number of fused-ring (bicyclic) bond motifs is 2. The summed E-state index contributed by atoms with van der Waals surface area (Å²) in [6.45, 7) is 4.72. The summed E-state index contributed by atoms with van der Waals surface area (Å²) in [4.78, 5) is 14.4. The molecule has 3 atom stereocenters. The highest BCUT2D eigenvalue weighted by molar-refractivity contribution is 6.33. The number of imidazole rings is 1. The maximum atomic E-state index is 14.0. The van der Waals surface area contributed by atoms with E-state index in [-0.39, 0.29) is 25.8 Å². The fourth-order valence-electron chi connectivity index (χ4n) is 5.09. The fraction of sp³-hybridized carbons (Fsp3) is 0.444. The summed E-state index contributed by atoms with van der Waals surface area (Å²) in [6.07, 6.45) is 0.436. The van der Waals surface area contributed by atoms with Crippen LogP contribution in [-0.2, 0) is 24.4 Å². The summed E-state index contributed by atoms with van der Waals surface area (Å²) in [7, 11) is 0. The number of aliphatic hydroxyl groups excluding tert-OH is 2. The molecule has 0 aliphatic carbocycles. The average Bonchev–Trinajstić information content (AvgIpc) is 3.55. The number of alkyl halides is 1. The minimum absolute atomic E-state index is 0.236. The van der Waals surface area contributed by atoms with Crippen LogP contribution >= 0.6 is 11.6 Å². The van der Waals surface area contributed by atoms with Crippen molar-refractivity contribution < 1.29 is 24.1 Å². The zero-order chi connectivity index (χ0) is 27.3. The quantitative estimate of drug-likeness (QED) is 0.315. The van der Waals surface area contributed by atoms with Gasteiger partial charge in [-0.25, -0.2) is 9.37 Å². The molecule has 0 bridgehead atoms. The van der Waals surface area contributed by atoms with Crippen molar-refractivity contribution in [3.05, 3.63) is 52.8 Å². The van der Waals surface area contributed by atoms with Crippen LogP contribution in [0.3, 0.4) is 0 Å². The zero-order valence-corrected chi connectivity index (χ0v) is 22.4. The SMILES string of the molecule is CC(C)(F)Cn1cc2c(n1)CN(c1ccc(-c3nc4nc(O[C@H]5CO[C@H](CO)[C@@H](O)C5)[nH]c4cc3Cl)cc1)C2. The fourth-order valence-corrected chi connectivity index (χ4v) is 5.35. The minimum atomic E-state index is -1.31. The van der Waals surface area contributed by atoms with Crippen molar-refractivity contribution in [2.45, 2.75) is 63.9 Å². The van der Waals surface area contributed by atoms with Gasteiger partial charge in [0.15, 0.2) is 5.65 Å². The molecule has 206 valence electrons. The Morgan fingerprint density at radius 3 is 2.72 bits per heavy atom. The molecule has 39 heavy (non-hydrogen) atoms. The lowest BCUT2D eigenvalue weighted by atomic mass is 10.0. The van der Waals surface area contributed by atoms with E-state index in [0.29, 0.717) is 41.4 Å². The van der Waals surface area contributed by atoms with E-state index in [1.807, 2.05) is 30.5 Å². The first-order chi connectivity index (χ1) is 18.6. The monoisotopic (exact) mass is 556 g/mol. The summed E-state index contributed by atoms with van der Waals surface area (Å²) in [6, 6.07) is 10.0. The van der Waals surface area contributed by atoms with E-state index >= 15 is 0 Å². The number of pyridine rings is 1. The van der Waals surface area contributed by atoms with Gasteiger partial charge in [-0.15, -0.1) is 0 Å². The molecule has 2 aliphatic rings. The molecule has 0 saturated carbocycles. The maximum Gasteiger partial charge on any atom is 0.296 e. The standard InChI is InChI=1S/C27H30ClFN6O4/c1-27(2,29)14-35-10-16-9-34(11-21(16)33-35)17-5-3-15(4-6-17)24-19(28)8-20-25(31-24)32-26(30-20)39-18-7-22(37)23(12-36)38-13-18/h3-6,8,10,18,22-23,36-37H,7,9,11-14H2,1-2H3,(H,30,31,32)/t18-,22+,23-/m1/s1. The van der Waals surface area contributed by atoms with Gasteiger partial charge < -0.3 is 29.6 Å². The van der Waals surface area contributed by atoms with Gasteiger partial charge in [-0.1, -0.05) is 23.7 Å². The van der Waals surface area contributed by atoms with E-state index in [0.717, 1.165) is 22.5 Å². The van der Waals surface area contributed by atoms with Gasteiger partial charge in [-0.2, -0.15) is 10.1 Å². The number of hydrogen-bond acceptors (Lipinski definition) is 8. The van der Waals surface area contributed by atoms with Gasteiger partial charge in [-0.3, -0.25) is 4.68 Å². The van der Waals surface area contributed by atoms with Crippen LogP contribution in [0.4, 0.5) is 10.1 Å². The molecule has 10 nitrogen and oxygen atoms in total. The Morgan fingerprint density at radius 2 is 2.03 bits per heavy atom. The molecule has 3 aromatic heterocycles. The van der Waals surface area contributed by atoms with E-state index < -0.39 is 24.0 Å². The lowest BCUT2D eigenvalue weighted by Gasteiger charge is -2.31. The second kappa shape index (κ2) is 10.1. The van der Waals surface area contributed by atoms with E-state index in [9.17, 15) is 14.6 Å². The van der Waals surface area contributed by atoms with Crippen molar-refractivity contribution in [1.29, 1.82) is 0 Å². The number of anilines is 1. The summed E-state index contributed by atoms with van der Waals surface area (Å²) >= 11 is 6.59. The molecule has 4 aromatic rings. The second-order valence-electron chi connectivity index (χ2n) is 10.7. The van der Waals surface area contributed by atoms with Crippen LogP contribution in [0.25, 0.3) is 22.4 Å². The molecular formula is C27H30ClFN6O4. The van der Waals surface area contributed by atoms with Crippen LogP contribution in [0.5, 0.6) is 6.01 Å². The van der Waals surface area contributed by atoms with Crippen molar-refractivity contribution in [2.75, 3.05) is 18.1 Å². The first-order valence-electron chi connectivity index (χ1n) is 12.9. The predicted molar refractivity (Wildman–Crippen MR) is 144 cm³/mol. The average molecular weight is 557 g/mol. The third-order valence-electron chi connectivity index (χ3n) is 6.96. The van der Waals surface area contributed by atoms with E-state index in [1.54, 1.807) is 24.6 Å². The molecule has 12 heteroatoms. The Hall–Kier alpha value is -3.25. The number of hydrogen-bond donors (Lipinski definition) is 3. The Balaban J connectivity index is 1.14. The number of rotatable bonds is 7. The number of ether oxygens (including phenoxy) is 2. The molecule has 6 rings (SSSR count). The molecule has 0 amide bonds. The number of aromatic amines is 1. The third-order valence-corrected chi connectivity index (χ3v) is 7.25. The van der Waals surface area contributed by atoms with Crippen molar-refractivity contribution in [1.82, 2.24) is 24.7 Å². The van der Waals surface area contributed by atoms with E-state index in [2.05, 4.69) is 25.0 Å². The number of nitrogens with one attached hydrogen (secondary N) is 1. The lowest BCUT2D eigenvalue weighted by Crippen LogP contribution is -2.45. The number of nitrogens with zero attached hydrogens (tertiary/aromatic N) is 5. The molecule has 3 N–H and O–H groups in total. The van der Waals surface area contributed by atoms with Crippen molar-refractivity contribution >= 4 is 28.5 Å². The second-order valence-corrected chi connectivity index (χ2v) is 11.2. The van der Waals surface area contributed by atoms with Gasteiger partial charge in [0, 0.05) is 36.0 Å². The van der Waals surface area contributed by atoms with Crippen LogP contribution in [-0.4, -0.2) is 72.1 Å². The van der Waals surface area contributed by atoms with Crippen molar-refractivity contribution in [2.24, 2.45) is 0 Å². The first-order valence-corrected chi connectivity index (χ1v) is 13.3. The predicted octanol–water partition coefficient (Wildman–Crippen LogP) is 3.63. The van der Waals surface area contributed by atoms with E-state index in [1.165, 1.54) is 0 Å². The van der Waals surface area contributed by atoms with Gasteiger partial charge in [0.1, 0.15) is 17.9 Å². The Kier molecular flexibility index (Phi) is 6.70. The molecule has 0 spiro atoms. The number of H-pyrrole nitrogens is 1. The van der Waals surface area contributed by atoms with Gasteiger partial charge in [0.05, 0.1) is 54.3 Å². The van der Waals surface area contributed by atoms with Gasteiger partial charge in [0.2, 0.25) is 0 Å². The highest BCUT2D eigenvalue weighted by Gasteiger charge is 2.31. The normalized spacial score (nSPS) is 21.5. The Labute approximate surface area is 229 Å². The van der Waals surface area contributed by atoms with Gasteiger partial charge in [-0.05, 0) is 32.0 Å². The number of aliphatic hydroxyl groups is 2. The Bertz CT molecular complexity index is 1460. The number of benzene rings is 1. The van der Waals surface area contributed by atoms with Crippen LogP contribution in [0.15, 0.2) is 36.5 Å². The van der Waals surface area contributed by atoms with Crippen LogP contribution < -0.4 is 9.64 Å². The summed E-state index contributed by atoms with van der Waals surface area (Å²) in [5, 5.41) is 24.4. The highest BCUT2D eigenvalue weighted by atomic mass is 35.5. The highest BCUT2D eigenvalue weighted by Crippen LogP contribution is 2.33. The summed E-state index contributed by atoms with van der Waals surface area (Å²) < 4.78 is 27.0. The van der Waals surface area contributed by atoms with E-state index in [4.69, 9.17) is 21.1 Å². The maximum absolute atomic E-state index is 14.0. The molecule has 0 unspecified atom stereocenters.